The number of benzene rings is 1. The average Bonchev–Trinajstić information content (AvgIpc) is 2.54. The lowest BCUT2D eigenvalue weighted by Crippen LogP contribution is -2.45. The largest absolute Gasteiger partial charge is 0.481 e. The van der Waals surface area contributed by atoms with Crippen LogP contribution >= 0.6 is 0 Å². The van der Waals surface area contributed by atoms with Gasteiger partial charge in [-0.1, -0.05) is 17.7 Å². The number of carboxylic acids is 2. The minimum atomic E-state index is -3.78. The van der Waals surface area contributed by atoms with Crippen molar-refractivity contribution >= 4 is 22.0 Å². The summed E-state index contributed by atoms with van der Waals surface area (Å²) in [7, 11) is -2.46. The van der Waals surface area contributed by atoms with Crippen LogP contribution in [0, 0.1) is 6.92 Å². The zero-order valence-corrected chi connectivity index (χ0v) is 15.4. The lowest BCUT2D eigenvalue weighted by Gasteiger charge is -2.22. The molecule has 9 nitrogen and oxygen atoms in total. The number of carboxylic acid groups (broad SMARTS) is 2. The fourth-order valence-corrected chi connectivity index (χ4v) is 3.42. The summed E-state index contributed by atoms with van der Waals surface area (Å²) in [4.78, 5) is 21.7. The molecule has 0 saturated heterocycles. The molecule has 26 heavy (non-hydrogen) atoms. The van der Waals surface area contributed by atoms with Crippen LogP contribution in [0.2, 0.25) is 0 Å². The van der Waals surface area contributed by atoms with Gasteiger partial charge >= 0.3 is 11.9 Å². The molecule has 146 valence electrons. The van der Waals surface area contributed by atoms with Crippen molar-refractivity contribution in [1.82, 2.24) is 9.62 Å². The molecule has 2 unspecified atom stereocenters. The van der Waals surface area contributed by atoms with Crippen molar-refractivity contribution in [2.75, 3.05) is 20.1 Å². The van der Waals surface area contributed by atoms with E-state index in [0.717, 1.165) is 9.87 Å². The summed E-state index contributed by atoms with van der Waals surface area (Å²) < 4.78 is 25.9. The van der Waals surface area contributed by atoms with E-state index in [1.54, 1.807) is 12.1 Å². The minimum Gasteiger partial charge on any atom is -0.481 e. The number of aryl methyl sites for hydroxylation is 1. The van der Waals surface area contributed by atoms with Crippen LogP contribution in [-0.4, -0.2) is 72.3 Å². The second-order valence-electron chi connectivity index (χ2n) is 5.98. The molecule has 0 amide bonds. The number of aliphatic carboxylic acids is 2. The molecule has 0 aliphatic rings. The lowest BCUT2D eigenvalue weighted by molar-refractivity contribution is -0.140. The van der Waals surface area contributed by atoms with E-state index < -0.39 is 34.1 Å². The van der Waals surface area contributed by atoms with E-state index in [1.165, 1.54) is 19.2 Å². The van der Waals surface area contributed by atoms with E-state index >= 15 is 0 Å². The molecule has 0 bridgehead atoms. The van der Waals surface area contributed by atoms with Crippen LogP contribution in [-0.2, 0) is 19.6 Å². The Morgan fingerprint density at radius 2 is 1.77 bits per heavy atom. The van der Waals surface area contributed by atoms with Gasteiger partial charge < -0.3 is 20.6 Å². The normalized spacial score (nSPS) is 14.2. The van der Waals surface area contributed by atoms with E-state index in [9.17, 15) is 23.1 Å². The first-order valence-corrected chi connectivity index (χ1v) is 9.37. The Hall–Kier alpha value is -2.01. The van der Waals surface area contributed by atoms with Gasteiger partial charge in [0.15, 0.2) is 0 Å². The zero-order chi connectivity index (χ0) is 19.9. The summed E-state index contributed by atoms with van der Waals surface area (Å²) in [5, 5.41) is 30.2. The molecule has 4 N–H and O–H groups in total. The van der Waals surface area contributed by atoms with Crippen molar-refractivity contribution < 1.29 is 33.3 Å². The van der Waals surface area contributed by atoms with Crippen LogP contribution in [0.5, 0.6) is 0 Å². The quantitative estimate of drug-likeness (QED) is 0.411. The van der Waals surface area contributed by atoms with E-state index in [1.807, 2.05) is 6.92 Å². The molecule has 0 aliphatic carbocycles. The van der Waals surface area contributed by atoms with Gasteiger partial charge in [0.05, 0.1) is 11.0 Å². The molecule has 1 rings (SSSR count). The minimum absolute atomic E-state index is 0.0932. The molecule has 10 heteroatoms. The first-order valence-electron chi connectivity index (χ1n) is 7.93. The van der Waals surface area contributed by atoms with Gasteiger partial charge in [-0.25, -0.2) is 8.42 Å². The predicted octanol–water partition coefficient (Wildman–Crippen LogP) is -0.116. The Morgan fingerprint density at radius 1 is 1.19 bits per heavy atom. The van der Waals surface area contributed by atoms with Crippen LogP contribution in [0.1, 0.15) is 18.4 Å². The molecule has 0 radical (unpaired) electrons. The predicted molar refractivity (Wildman–Crippen MR) is 93.3 cm³/mol. The number of aliphatic hydroxyl groups is 1. The smallest absolute Gasteiger partial charge is 0.320 e. The average molecular weight is 388 g/mol. The highest BCUT2D eigenvalue weighted by atomic mass is 32.2. The maximum absolute atomic E-state index is 12.4. The number of sulfonamides is 1. The van der Waals surface area contributed by atoms with E-state index in [4.69, 9.17) is 10.2 Å². The maximum atomic E-state index is 12.4. The second-order valence-corrected chi connectivity index (χ2v) is 8.03. The van der Waals surface area contributed by atoms with E-state index in [0.29, 0.717) is 0 Å². The Balaban J connectivity index is 2.62. The van der Waals surface area contributed by atoms with Crippen LogP contribution in [0.4, 0.5) is 0 Å². The topological polar surface area (TPSA) is 144 Å². The van der Waals surface area contributed by atoms with Crippen molar-refractivity contribution in [3.63, 3.8) is 0 Å². The molecule has 1 aromatic carbocycles. The number of rotatable bonds is 11. The van der Waals surface area contributed by atoms with Crippen molar-refractivity contribution in [3.8, 4) is 0 Å². The SMILES string of the molecule is Cc1ccc(S(=O)(=O)N(C)CC(O)CNC(CCC(=O)O)C(=O)O)cc1. The number of hydrogen-bond donors (Lipinski definition) is 4. The number of nitrogens with zero attached hydrogens (tertiary/aromatic N) is 1. The van der Waals surface area contributed by atoms with Gasteiger partial charge in [0.25, 0.3) is 0 Å². The summed E-state index contributed by atoms with van der Waals surface area (Å²) in [6, 6.07) is 5.13. The molecule has 1 aromatic rings. The molecular formula is C16H24N2O7S. The van der Waals surface area contributed by atoms with Gasteiger partial charge in [0.1, 0.15) is 6.04 Å². The maximum Gasteiger partial charge on any atom is 0.320 e. The number of hydrogen-bond acceptors (Lipinski definition) is 6. The molecule has 0 saturated carbocycles. The molecule has 0 aliphatic heterocycles. The fraction of sp³-hybridized carbons (Fsp3) is 0.500. The summed E-state index contributed by atoms with van der Waals surface area (Å²) in [6.45, 7) is 1.40. The first-order chi connectivity index (χ1) is 12.0. The highest BCUT2D eigenvalue weighted by molar-refractivity contribution is 7.89. The van der Waals surface area contributed by atoms with Crippen molar-refractivity contribution in [1.29, 1.82) is 0 Å². The first kappa shape index (κ1) is 22.0. The van der Waals surface area contributed by atoms with Gasteiger partial charge in [0.2, 0.25) is 10.0 Å². The third-order valence-corrected chi connectivity index (χ3v) is 5.58. The summed E-state index contributed by atoms with van der Waals surface area (Å²) >= 11 is 0. The van der Waals surface area contributed by atoms with Gasteiger partial charge in [0, 0.05) is 26.6 Å². The number of aliphatic hydroxyl groups excluding tert-OH is 1. The summed E-state index contributed by atoms with van der Waals surface area (Å²) in [5.74, 6) is -2.36. The second kappa shape index (κ2) is 9.62. The number of carbonyl (C=O) groups is 2. The van der Waals surface area contributed by atoms with Gasteiger partial charge in [-0.15, -0.1) is 0 Å². The fourth-order valence-electron chi connectivity index (χ4n) is 2.21. The standard InChI is InChI=1S/C16H24N2O7S/c1-11-3-5-13(6-4-11)26(24,25)18(2)10-12(19)9-17-14(16(22)23)7-8-15(20)21/h3-6,12,14,17,19H,7-10H2,1-2H3,(H,20,21)(H,22,23). The van der Waals surface area contributed by atoms with E-state index in [-0.39, 0.29) is 30.8 Å². The van der Waals surface area contributed by atoms with Gasteiger partial charge in [-0.3, -0.25) is 9.59 Å². The van der Waals surface area contributed by atoms with Gasteiger partial charge in [-0.2, -0.15) is 4.31 Å². The molecule has 0 fully saturated rings. The summed E-state index contributed by atoms with van der Waals surface area (Å²) in [5.41, 5.74) is 0.914. The molecule has 0 spiro atoms. The molecule has 2 atom stereocenters. The molecular weight excluding hydrogens is 364 g/mol. The van der Waals surface area contributed by atoms with Crippen molar-refractivity contribution in [3.05, 3.63) is 29.8 Å². The Kier molecular flexibility index (Phi) is 8.15. The van der Waals surface area contributed by atoms with Crippen molar-refractivity contribution in [2.24, 2.45) is 0 Å². The van der Waals surface area contributed by atoms with Crippen LogP contribution in [0.3, 0.4) is 0 Å². The van der Waals surface area contributed by atoms with Gasteiger partial charge in [-0.05, 0) is 25.5 Å². The Labute approximate surface area is 152 Å². The molecule has 0 aromatic heterocycles. The number of nitrogens with one attached hydrogen (secondary N) is 1. The summed E-state index contributed by atoms with van der Waals surface area (Å²) in [6.07, 6.45) is -1.64. The highest BCUT2D eigenvalue weighted by Gasteiger charge is 2.24. The highest BCUT2D eigenvalue weighted by Crippen LogP contribution is 2.15. The monoisotopic (exact) mass is 388 g/mol. The van der Waals surface area contributed by atoms with Crippen LogP contribution in [0.15, 0.2) is 29.2 Å². The lowest BCUT2D eigenvalue weighted by atomic mass is 10.1. The van der Waals surface area contributed by atoms with Crippen LogP contribution in [0.25, 0.3) is 0 Å². The van der Waals surface area contributed by atoms with E-state index in [2.05, 4.69) is 5.32 Å². The van der Waals surface area contributed by atoms with Crippen molar-refractivity contribution in [2.45, 2.75) is 36.8 Å². The third kappa shape index (κ3) is 6.71. The van der Waals surface area contributed by atoms with Crippen LogP contribution < -0.4 is 5.32 Å². The zero-order valence-electron chi connectivity index (χ0n) is 14.6. The third-order valence-electron chi connectivity index (χ3n) is 3.74. The molecule has 0 heterocycles. The Morgan fingerprint density at radius 3 is 2.27 bits per heavy atom. The Bertz CT molecular complexity index is 719. The number of likely N-dealkylation sites (N-methyl/N-ethyl adjacent to an activating group) is 1.